The molecule has 1 aliphatic heterocycles. The van der Waals surface area contributed by atoms with Crippen molar-refractivity contribution in [3.8, 4) is 0 Å². The van der Waals surface area contributed by atoms with Crippen molar-refractivity contribution in [3.05, 3.63) is 21.7 Å². The van der Waals surface area contributed by atoms with Crippen LogP contribution in [0.15, 0.2) is 4.52 Å². The molecule has 0 radical (unpaired) electrons. The summed E-state index contributed by atoms with van der Waals surface area (Å²) in [6.45, 7) is 6.77. The number of hydrogen-bond acceptors (Lipinski definition) is 7. The van der Waals surface area contributed by atoms with E-state index in [2.05, 4.69) is 25.2 Å². The van der Waals surface area contributed by atoms with Crippen molar-refractivity contribution in [1.82, 2.24) is 25.2 Å². The maximum absolute atomic E-state index is 5.07. The van der Waals surface area contributed by atoms with Crippen molar-refractivity contribution in [2.45, 2.75) is 39.2 Å². The Bertz CT molecular complexity index is 552. The SMILES string of the molecule is Cc1nc([C@@H]2CCCN(Cc3nnc(C)s3)C2)no1. The topological polar surface area (TPSA) is 67.9 Å². The van der Waals surface area contributed by atoms with Gasteiger partial charge < -0.3 is 4.52 Å². The van der Waals surface area contributed by atoms with Crippen LogP contribution in [0.2, 0.25) is 0 Å². The van der Waals surface area contributed by atoms with Crippen LogP contribution >= 0.6 is 11.3 Å². The summed E-state index contributed by atoms with van der Waals surface area (Å²) in [5, 5.41) is 14.4. The molecule has 3 rings (SSSR count). The number of aromatic nitrogens is 4. The van der Waals surface area contributed by atoms with Gasteiger partial charge in [-0.2, -0.15) is 4.98 Å². The lowest BCUT2D eigenvalue weighted by atomic mass is 9.97. The quantitative estimate of drug-likeness (QED) is 0.855. The summed E-state index contributed by atoms with van der Waals surface area (Å²) in [5.41, 5.74) is 0. The molecule has 0 aromatic carbocycles. The fourth-order valence-electron chi connectivity index (χ4n) is 2.48. The summed E-state index contributed by atoms with van der Waals surface area (Å²) in [4.78, 5) is 6.75. The van der Waals surface area contributed by atoms with Gasteiger partial charge in [0.1, 0.15) is 10.0 Å². The molecule has 0 amide bonds. The van der Waals surface area contributed by atoms with E-state index >= 15 is 0 Å². The van der Waals surface area contributed by atoms with E-state index in [1.165, 1.54) is 0 Å². The third kappa shape index (κ3) is 2.98. The van der Waals surface area contributed by atoms with Gasteiger partial charge in [-0.3, -0.25) is 4.90 Å². The summed E-state index contributed by atoms with van der Waals surface area (Å²) in [5.74, 6) is 1.86. The molecule has 1 aliphatic rings. The summed E-state index contributed by atoms with van der Waals surface area (Å²) in [7, 11) is 0. The smallest absolute Gasteiger partial charge is 0.223 e. The molecule has 7 heteroatoms. The summed E-state index contributed by atoms with van der Waals surface area (Å²) >= 11 is 1.67. The average molecular weight is 279 g/mol. The maximum atomic E-state index is 5.07. The minimum absolute atomic E-state index is 0.375. The highest BCUT2D eigenvalue weighted by Gasteiger charge is 2.25. The predicted octanol–water partition coefficient (Wildman–Crippen LogP) is 1.92. The lowest BCUT2D eigenvalue weighted by Gasteiger charge is -2.30. The third-order valence-corrected chi connectivity index (χ3v) is 4.16. The minimum Gasteiger partial charge on any atom is -0.340 e. The summed E-state index contributed by atoms with van der Waals surface area (Å²) in [6, 6.07) is 0. The Labute approximate surface area is 115 Å². The standard InChI is InChI=1S/C12H17N5OS/c1-8-13-12(16-18-8)10-4-3-5-17(6-10)7-11-15-14-9(2)19-11/h10H,3-7H2,1-2H3/t10-/m1/s1. The molecule has 0 spiro atoms. The van der Waals surface area contributed by atoms with E-state index in [4.69, 9.17) is 4.52 Å². The first-order chi connectivity index (χ1) is 9.20. The molecule has 1 fully saturated rings. The molecule has 102 valence electrons. The summed E-state index contributed by atoms with van der Waals surface area (Å²) in [6.07, 6.45) is 2.29. The van der Waals surface area contributed by atoms with Crippen molar-refractivity contribution >= 4 is 11.3 Å². The molecule has 0 saturated carbocycles. The van der Waals surface area contributed by atoms with Crippen molar-refractivity contribution in [2.75, 3.05) is 13.1 Å². The number of aryl methyl sites for hydroxylation is 2. The van der Waals surface area contributed by atoms with Gasteiger partial charge in [0.25, 0.3) is 0 Å². The fourth-order valence-corrected chi connectivity index (χ4v) is 3.23. The lowest BCUT2D eigenvalue weighted by Crippen LogP contribution is -2.34. The van der Waals surface area contributed by atoms with Crippen LogP contribution in [0, 0.1) is 13.8 Å². The Kier molecular flexibility index (Phi) is 3.56. The van der Waals surface area contributed by atoms with E-state index in [0.717, 1.165) is 48.3 Å². The lowest BCUT2D eigenvalue weighted by molar-refractivity contribution is 0.194. The van der Waals surface area contributed by atoms with Crippen molar-refractivity contribution in [1.29, 1.82) is 0 Å². The zero-order chi connectivity index (χ0) is 13.2. The number of nitrogens with zero attached hydrogens (tertiary/aromatic N) is 5. The molecule has 0 unspecified atom stereocenters. The van der Waals surface area contributed by atoms with Gasteiger partial charge in [-0.1, -0.05) is 5.16 Å². The van der Waals surface area contributed by atoms with E-state index in [1.54, 1.807) is 11.3 Å². The van der Waals surface area contributed by atoms with E-state index in [-0.39, 0.29) is 0 Å². The monoisotopic (exact) mass is 279 g/mol. The molecular formula is C12H17N5OS. The molecule has 0 N–H and O–H groups in total. The van der Waals surface area contributed by atoms with Crippen LogP contribution in [0.4, 0.5) is 0 Å². The zero-order valence-corrected chi connectivity index (χ0v) is 12.0. The number of piperidine rings is 1. The van der Waals surface area contributed by atoms with E-state index in [1.807, 2.05) is 13.8 Å². The molecule has 2 aromatic rings. The van der Waals surface area contributed by atoms with Crippen LogP contribution in [0.1, 0.15) is 40.5 Å². The molecular weight excluding hydrogens is 262 g/mol. The molecule has 0 aliphatic carbocycles. The highest BCUT2D eigenvalue weighted by atomic mass is 32.1. The van der Waals surface area contributed by atoms with Crippen LogP contribution < -0.4 is 0 Å². The molecule has 3 heterocycles. The van der Waals surface area contributed by atoms with Crippen LogP contribution in [0.25, 0.3) is 0 Å². The number of rotatable bonds is 3. The van der Waals surface area contributed by atoms with Gasteiger partial charge in [0, 0.05) is 19.4 Å². The van der Waals surface area contributed by atoms with E-state index in [9.17, 15) is 0 Å². The van der Waals surface area contributed by atoms with E-state index < -0.39 is 0 Å². The highest BCUT2D eigenvalue weighted by molar-refractivity contribution is 7.11. The van der Waals surface area contributed by atoms with Crippen LogP contribution in [0.5, 0.6) is 0 Å². The van der Waals surface area contributed by atoms with Gasteiger partial charge in [0.2, 0.25) is 5.89 Å². The second kappa shape index (κ2) is 5.34. The second-order valence-corrected chi connectivity index (χ2v) is 6.23. The first-order valence-corrected chi connectivity index (χ1v) is 7.34. The molecule has 1 saturated heterocycles. The minimum atomic E-state index is 0.375. The predicted molar refractivity (Wildman–Crippen MR) is 70.9 cm³/mol. The molecule has 2 aromatic heterocycles. The average Bonchev–Trinajstić information content (AvgIpc) is 2.99. The largest absolute Gasteiger partial charge is 0.340 e. The Morgan fingerprint density at radius 1 is 1.37 bits per heavy atom. The normalized spacial score (nSPS) is 20.8. The van der Waals surface area contributed by atoms with Crippen molar-refractivity contribution in [3.63, 3.8) is 0 Å². The maximum Gasteiger partial charge on any atom is 0.223 e. The Morgan fingerprint density at radius 2 is 2.26 bits per heavy atom. The molecule has 0 bridgehead atoms. The van der Waals surface area contributed by atoms with E-state index in [0.29, 0.717) is 11.8 Å². The zero-order valence-electron chi connectivity index (χ0n) is 11.2. The first-order valence-electron chi connectivity index (χ1n) is 6.52. The molecule has 19 heavy (non-hydrogen) atoms. The summed E-state index contributed by atoms with van der Waals surface area (Å²) < 4.78 is 5.07. The Morgan fingerprint density at radius 3 is 2.95 bits per heavy atom. The Hall–Kier alpha value is -1.34. The van der Waals surface area contributed by atoms with Crippen molar-refractivity contribution in [2.24, 2.45) is 0 Å². The van der Waals surface area contributed by atoms with Crippen LogP contribution in [-0.4, -0.2) is 38.3 Å². The van der Waals surface area contributed by atoms with Crippen molar-refractivity contribution < 1.29 is 4.52 Å². The number of hydrogen-bond donors (Lipinski definition) is 0. The van der Waals surface area contributed by atoms with Gasteiger partial charge in [-0.15, -0.1) is 21.5 Å². The molecule has 6 nitrogen and oxygen atoms in total. The third-order valence-electron chi connectivity index (χ3n) is 3.34. The number of likely N-dealkylation sites (tertiary alicyclic amines) is 1. The van der Waals surface area contributed by atoms with Gasteiger partial charge in [0.15, 0.2) is 5.82 Å². The second-order valence-electron chi connectivity index (χ2n) is 4.96. The fraction of sp³-hybridized carbons (Fsp3) is 0.667. The van der Waals surface area contributed by atoms with Gasteiger partial charge in [0.05, 0.1) is 6.54 Å². The highest BCUT2D eigenvalue weighted by Crippen LogP contribution is 2.26. The first kappa shape index (κ1) is 12.7. The molecule has 1 atom stereocenters. The van der Waals surface area contributed by atoms with Gasteiger partial charge >= 0.3 is 0 Å². The van der Waals surface area contributed by atoms with Crippen LogP contribution in [0.3, 0.4) is 0 Å². The van der Waals surface area contributed by atoms with Crippen LogP contribution in [-0.2, 0) is 6.54 Å². The Balaban J connectivity index is 1.64. The van der Waals surface area contributed by atoms with Gasteiger partial charge in [-0.05, 0) is 26.3 Å². The van der Waals surface area contributed by atoms with Gasteiger partial charge in [-0.25, -0.2) is 0 Å².